The van der Waals surface area contributed by atoms with Gasteiger partial charge in [0, 0.05) is 35.2 Å². The lowest BCUT2D eigenvalue weighted by molar-refractivity contribution is -0.118. The van der Waals surface area contributed by atoms with Crippen LogP contribution in [0.2, 0.25) is 5.02 Å². The van der Waals surface area contributed by atoms with Gasteiger partial charge in [0.15, 0.2) is 0 Å². The predicted molar refractivity (Wildman–Crippen MR) is 91.7 cm³/mol. The molecule has 1 aromatic carbocycles. The first-order chi connectivity index (χ1) is 10.5. The van der Waals surface area contributed by atoms with Gasteiger partial charge in [-0.25, -0.2) is 0 Å². The number of halogens is 1. The summed E-state index contributed by atoms with van der Waals surface area (Å²) in [5.41, 5.74) is 1.25. The first kappa shape index (κ1) is 17.4. The van der Waals surface area contributed by atoms with E-state index < -0.39 is 10.8 Å². The number of amides is 1. The summed E-state index contributed by atoms with van der Waals surface area (Å²) in [5, 5.41) is 3.27. The van der Waals surface area contributed by atoms with Gasteiger partial charge in [-0.2, -0.15) is 0 Å². The first-order valence-corrected chi connectivity index (χ1v) is 9.35. The Hall–Kier alpha value is -0.910. The van der Waals surface area contributed by atoms with Crippen molar-refractivity contribution in [2.45, 2.75) is 12.3 Å². The van der Waals surface area contributed by atoms with Crippen molar-refractivity contribution in [1.82, 2.24) is 10.2 Å². The van der Waals surface area contributed by atoms with E-state index in [-0.39, 0.29) is 11.7 Å². The van der Waals surface area contributed by atoms with Gasteiger partial charge in [-0.15, -0.1) is 0 Å². The molecule has 2 rings (SSSR count). The van der Waals surface area contributed by atoms with Crippen LogP contribution in [-0.2, 0) is 15.6 Å². The number of rotatable bonds is 5. The summed E-state index contributed by atoms with van der Waals surface area (Å²) in [4.78, 5) is 13.7. The Kier molecular flexibility index (Phi) is 6.41. The fourth-order valence-corrected chi connectivity index (χ4v) is 4.54. The molecule has 122 valence electrons. The first-order valence-electron chi connectivity index (χ1n) is 7.49. The summed E-state index contributed by atoms with van der Waals surface area (Å²) in [6.07, 6.45) is 1.04. The number of nitrogens with one attached hydrogen (secondary N) is 1. The Balaban J connectivity index is 2.08. The van der Waals surface area contributed by atoms with E-state index in [1.54, 1.807) is 7.05 Å². The second kappa shape index (κ2) is 8.09. The zero-order valence-electron chi connectivity index (χ0n) is 13.0. The summed E-state index contributed by atoms with van der Waals surface area (Å²) in [6, 6.07) is 7.95. The molecule has 1 aromatic rings. The van der Waals surface area contributed by atoms with E-state index in [0.29, 0.717) is 17.6 Å². The van der Waals surface area contributed by atoms with Crippen LogP contribution in [0, 0.1) is 5.92 Å². The molecule has 0 bridgehead atoms. The number of hydrogen-bond donors (Lipinski definition) is 1. The molecule has 0 aliphatic carbocycles. The lowest BCUT2D eigenvalue weighted by atomic mass is 9.81. The zero-order valence-corrected chi connectivity index (χ0v) is 14.6. The predicted octanol–water partition coefficient (Wildman–Crippen LogP) is 1.87. The van der Waals surface area contributed by atoms with Crippen LogP contribution < -0.4 is 5.32 Å². The molecule has 1 aliphatic heterocycles. The maximum atomic E-state index is 12.2. The van der Waals surface area contributed by atoms with E-state index in [0.717, 1.165) is 24.5 Å². The lowest BCUT2D eigenvalue weighted by Gasteiger charge is -2.37. The van der Waals surface area contributed by atoms with E-state index in [2.05, 4.69) is 29.4 Å². The molecule has 0 saturated carbocycles. The Labute approximate surface area is 139 Å². The molecular formula is C16H23ClN2O2S. The van der Waals surface area contributed by atoms with Crippen molar-refractivity contribution in [1.29, 1.82) is 0 Å². The second-order valence-corrected chi connectivity index (χ2v) is 7.83. The number of benzene rings is 1. The summed E-state index contributed by atoms with van der Waals surface area (Å²) < 4.78 is 12.2. The number of carbonyl (C=O) groups is 1. The SMILES string of the molecule is CNC(=O)CS(=O)C[C@H]1CN(C)CC[C@@H]1c1ccc(Cl)cc1. The van der Waals surface area contributed by atoms with Crippen LogP contribution in [-0.4, -0.2) is 53.7 Å². The summed E-state index contributed by atoms with van der Waals surface area (Å²) in [6.45, 7) is 1.94. The van der Waals surface area contributed by atoms with Crippen LogP contribution in [0.5, 0.6) is 0 Å². The van der Waals surface area contributed by atoms with Gasteiger partial charge < -0.3 is 10.2 Å². The van der Waals surface area contributed by atoms with Gasteiger partial charge in [0.05, 0.1) is 0 Å². The molecule has 4 nitrogen and oxygen atoms in total. The molecule has 1 aliphatic rings. The maximum Gasteiger partial charge on any atom is 0.232 e. The minimum Gasteiger partial charge on any atom is -0.358 e. The summed E-state index contributed by atoms with van der Waals surface area (Å²) in [7, 11) is 2.54. The molecular weight excluding hydrogens is 320 g/mol. The van der Waals surface area contributed by atoms with Crippen molar-refractivity contribution < 1.29 is 9.00 Å². The van der Waals surface area contributed by atoms with E-state index in [1.807, 2.05) is 12.1 Å². The van der Waals surface area contributed by atoms with Gasteiger partial charge >= 0.3 is 0 Å². The molecule has 1 unspecified atom stereocenters. The highest BCUT2D eigenvalue weighted by molar-refractivity contribution is 7.85. The van der Waals surface area contributed by atoms with Gasteiger partial charge in [0.1, 0.15) is 5.75 Å². The van der Waals surface area contributed by atoms with Gasteiger partial charge in [-0.1, -0.05) is 23.7 Å². The van der Waals surface area contributed by atoms with Crippen LogP contribution >= 0.6 is 11.6 Å². The third kappa shape index (κ3) is 4.80. The quantitative estimate of drug-likeness (QED) is 0.888. The zero-order chi connectivity index (χ0) is 16.1. The smallest absolute Gasteiger partial charge is 0.232 e. The van der Waals surface area contributed by atoms with Gasteiger partial charge in [0.25, 0.3) is 0 Å². The topological polar surface area (TPSA) is 49.4 Å². The number of carbonyl (C=O) groups excluding carboxylic acids is 1. The molecule has 1 amide bonds. The van der Waals surface area contributed by atoms with E-state index in [9.17, 15) is 9.00 Å². The fraction of sp³-hybridized carbons (Fsp3) is 0.562. The highest BCUT2D eigenvalue weighted by atomic mass is 35.5. The van der Waals surface area contributed by atoms with Gasteiger partial charge in [0.2, 0.25) is 5.91 Å². The Morgan fingerprint density at radius 2 is 2.09 bits per heavy atom. The van der Waals surface area contributed by atoms with Crippen LogP contribution in [0.25, 0.3) is 0 Å². The third-order valence-corrected chi connectivity index (χ3v) is 5.84. The Morgan fingerprint density at radius 1 is 1.41 bits per heavy atom. The van der Waals surface area contributed by atoms with Crippen LogP contribution in [0.1, 0.15) is 17.9 Å². The van der Waals surface area contributed by atoms with Crippen LogP contribution in [0.4, 0.5) is 0 Å². The molecule has 6 heteroatoms. The second-order valence-electron chi connectivity index (χ2n) is 5.89. The molecule has 0 aromatic heterocycles. The monoisotopic (exact) mass is 342 g/mol. The largest absolute Gasteiger partial charge is 0.358 e. The summed E-state index contributed by atoms with van der Waals surface area (Å²) >= 11 is 5.97. The third-order valence-electron chi connectivity index (χ3n) is 4.21. The fourth-order valence-electron chi connectivity index (χ4n) is 3.05. The minimum absolute atomic E-state index is 0.0874. The van der Waals surface area contributed by atoms with Crippen molar-refractivity contribution in [3.63, 3.8) is 0 Å². The average Bonchev–Trinajstić information content (AvgIpc) is 2.48. The minimum atomic E-state index is -1.13. The number of nitrogens with zero attached hydrogens (tertiary/aromatic N) is 1. The maximum absolute atomic E-state index is 12.2. The standard InChI is InChI=1S/C16H23ClN2O2S/c1-18-16(20)11-22(21)10-13-9-19(2)8-7-15(13)12-3-5-14(17)6-4-12/h3-6,13,15H,7-11H2,1-2H3,(H,18,20)/t13-,15-,22?/m1/s1. The van der Waals surface area contributed by atoms with Crippen molar-refractivity contribution >= 4 is 28.3 Å². The average molecular weight is 343 g/mol. The highest BCUT2D eigenvalue weighted by Gasteiger charge is 2.30. The van der Waals surface area contributed by atoms with Crippen LogP contribution in [0.15, 0.2) is 24.3 Å². The molecule has 1 saturated heterocycles. The van der Waals surface area contributed by atoms with Gasteiger partial charge in [-0.05, 0) is 49.5 Å². The molecule has 1 N–H and O–H groups in total. The lowest BCUT2D eigenvalue weighted by Crippen LogP contribution is -2.40. The molecule has 1 heterocycles. The Bertz CT molecular complexity index is 535. The van der Waals surface area contributed by atoms with E-state index in [4.69, 9.17) is 11.6 Å². The van der Waals surface area contributed by atoms with E-state index in [1.165, 1.54) is 5.56 Å². The number of likely N-dealkylation sites (tertiary alicyclic amines) is 1. The molecule has 0 spiro atoms. The summed E-state index contributed by atoms with van der Waals surface area (Å²) in [5.74, 6) is 1.16. The molecule has 22 heavy (non-hydrogen) atoms. The van der Waals surface area contributed by atoms with Crippen molar-refractivity contribution in [3.05, 3.63) is 34.9 Å². The highest BCUT2D eigenvalue weighted by Crippen LogP contribution is 2.33. The molecule has 3 atom stereocenters. The van der Waals surface area contributed by atoms with E-state index >= 15 is 0 Å². The molecule has 0 radical (unpaired) electrons. The Morgan fingerprint density at radius 3 is 2.73 bits per heavy atom. The van der Waals surface area contributed by atoms with Crippen molar-refractivity contribution in [2.24, 2.45) is 5.92 Å². The number of hydrogen-bond acceptors (Lipinski definition) is 3. The van der Waals surface area contributed by atoms with Crippen LogP contribution in [0.3, 0.4) is 0 Å². The van der Waals surface area contributed by atoms with Crippen molar-refractivity contribution in [2.75, 3.05) is 38.7 Å². The van der Waals surface area contributed by atoms with Crippen molar-refractivity contribution in [3.8, 4) is 0 Å². The normalized spacial score (nSPS) is 24.0. The van der Waals surface area contributed by atoms with Gasteiger partial charge in [-0.3, -0.25) is 9.00 Å². The number of piperidine rings is 1. The molecule has 1 fully saturated rings.